The average molecular weight is 436 g/mol. The van der Waals surface area contributed by atoms with Gasteiger partial charge in [0.15, 0.2) is 5.96 Å². The van der Waals surface area contributed by atoms with Gasteiger partial charge in [-0.25, -0.2) is 4.98 Å². The van der Waals surface area contributed by atoms with Crippen molar-refractivity contribution in [3.8, 4) is 0 Å². The van der Waals surface area contributed by atoms with Gasteiger partial charge in [-0.2, -0.15) is 0 Å². The average Bonchev–Trinajstić information content (AvgIpc) is 3.05. The molecule has 0 unspecified atom stereocenters. The maximum absolute atomic E-state index is 5.42. The van der Waals surface area contributed by atoms with Crippen molar-refractivity contribution in [3.63, 3.8) is 0 Å². The van der Waals surface area contributed by atoms with Crippen molar-refractivity contribution < 1.29 is 4.74 Å². The Morgan fingerprint density at radius 1 is 1.30 bits per heavy atom. The van der Waals surface area contributed by atoms with Gasteiger partial charge in [-0.15, -0.1) is 24.0 Å². The summed E-state index contributed by atoms with van der Waals surface area (Å²) < 4.78 is 7.46. The highest BCUT2D eigenvalue weighted by atomic mass is 127. The third-order valence-electron chi connectivity index (χ3n) is 4.00. The quantitative estimate of drug-likeness (QED) is 0.392. The fourth-order valence-corrected chi connectivity index (χ4v) is 2.52. The first-order valence-corrected chi connectivity index (χ1v) is 7.85. The lowest BCUT2D eigenvalue weighted by Gasteiger charge is -2.41. The Bertz CT molecular complexity index is 457. The molecule has 0 atom stereocenters. The summed E-state index contributed by atoms with van der Waals surface area (Å²) in [4.78, 5) is 10.8. The van der Waals surface area contributed by atoms with Crippen LogP contribution < -0.4 is 10.6 Å². The topological polar surface area (TPSA) is 66.7 Å². The van der Waals surface area contributed by atoms with Gasteiger partial charge in [-0.05, 0) is 13.8 Å². The lowest BCUT2D eigenvalue weighted by atomic mass is 10.0. The molecule has 0 amide bonds. The molecule has 1 aliphatic rings. The molecule has 0 spiro atoms. The van der Waals surface area contributed by atoms with Crippen LogP contribution in [0.25, 0.3) is 0 Å². The van der Waals surface area contributed by atoms with Crippen molar-refractivity contribution in [1.29, 1.82) is 0 Å². The summed E-state index contributed by atoms with van der Waals surface area (Å²) in [7, 11) is 1.80. The minimum atomic E-state index is 0. The summed E-state index contributed by atoms with van der Waals surface area (Å²) in [6.45, 7) is 10.7. The standard InChI is InChI=1S/C15H28N6O.HI/c1-15(2,21-8-10-22-11-9-21)12-19-14(16-3)18-5-7-20-6-4-17-13-20;/h4,6,13H,5,7-12H2,1-3H3,(H2,16,18,19);1H. The van der Waals surface area contributed by atoms with Gasteiger partial charge in [0.1, 0.15) is 0 Å². The molecule has 8 heteroatoms. The van der Waals surface area contributed by atoms with Crippen LogP contribution in [0.3, 0.4) is 0 Å². The molecule has 7 nitrogen and oxygen atoms in total. The van der Waals surface area contributed by atoms with E-state index in [1.165, 1.54) is 0 Å². The predicted octanol–water partition coefficient (Wildman–Crippen LogP) is 0.777. The minimum absolute atomic E-state index is 0. The number of nitrogens with one attached hydrogen (secondary N) is 2. The normalized spacial score (nSPS) is 16.7. The molecule has 23 heavy (non-hydrogen) atoms. The molecule has 1 aromatic rings. The van der Waals surface area contributed by atoms with Gasteiger partial charge in [0.25, 0.3) is 0 Å². The summed E-state index contributed by atoms with van der Waals surface area (Å²) in [5, 5.41) is 6.75. The number of nitrogens with zero attached hydrogens (tertiary/aromatic N) is 4. The molecule has 0 radical (unpaired) electrons. The smallest absolute Gasteiger partial charge is 0.191 e. The minimum Gasteiger partial charge on any atom is -0.379 e. The van der Waals surface area contributed by atoms with Crippen LogP contribution in [-0.4, -0.2) is 72.4 Å². The molecule has 0 aliphatic carbocycles. The monoisotopic (exact) mass is 436 g/mol. The van der Waals surface area contributed by atoms with E-state index in [9.17, 15) is 0 Å². The zero-order valence-corrected chi connectivity index (χ0v) is 16.6. The third-order valence-corrected chi connectivity index (χ3v) is 4.00. The molecule has 0 saturated carbocycles. The highest BCUT2D eigenvalue weighted by Crippen LogP contribution is 2.14. The van der Waals surface area contributed by atoms with Crippen LogP contribution in [0.1, 0.15) is 13.8 Å². The van der Waals surface area contributed by atoms with Crippen LogP contribution in [0, 0.1) is 0 Å². The maximum atomic E-state index is 5.42. The Balaban J connectivity index is 0.00000264. The molecular formula is C15H29IN6O. The van der Waals surface area contributed by atoms with Crippen molar-refractivity contribution in [2.75, 3.05) is 46.4 Å². The van der Waals surface area contributed by atoms with Gasteiger partial charge >= 0.3 is 0 Å². The fourth-order valence-electron chi connectivity index (χ4n) is 2.52. The van der Waals surface area contributed by atoms with Crippen LogP contribution in [0.5, 0.6) is 0 Å². The summed E-state index contributed by atoms with van der Waals surface area (Å²) in [6, 6.07) is 0. The first-order chi connectivity index (χ1) is 10.6. The number of aromatic nitrogens is 2. The Morgan fingerprint density at radius 2 is 2.04 bits per heavy atom. The van der Waals surface area contributed by atoms with Crippen LogP contribution in [0.15, 0.2) is 23.7 Å². The number of imidazole rings is 1. The van der Waals surface area contributed by atoms with Crippen molar-refractivity contribution in [2.45, 2.75) is 25.9 Å². The van der Waals surface area contributed by atoms with E-state index in [-0.39, 0.29) is 29.5 Å². The Labute approximate surface area is 155 Å². The number of hydrogen-bond donors (Lipinski definition) is 2. The van der Waals surface area contributed by atoms with Gasteiger partial charge in [0.2, 0.25) is 0 Å². The van der Waals surface area contributed by atoms with Crippen molar-refractivity contribution in [2.24, 2.45) is 4.99 Å². The molecule has 132 valence electrons. The summed E-state index contributed by atoms with van der Waals surface area (Å²) in [5.74, 6) is 0.835. The van der Waals surface area contributed by atoms with Crippen LogP contribution in [0.4, 0.5) is 0 Å². The van der Waals surface area contributed by atoms with E-state index in [0.29, 0.717) is 0 Å². The lowest BCUT2D eigenvalue weighted by molar-refractivity contribution is -0.00833. The molecule has 1 aliphatic heterocycles. The number of halogens is 1. The zero-order valence-electron chi connectivity index (χ0n) is 14.3. The lowest BCUT2D eigenvalue weighted by Crippen LogP contribution is -2.56. The largest absolute Gasteiger partial charge is 0.379 e. The van der Waals surface area contributed by atoms with Gasteiger partial charge in [-0.1, -0.05) is 0 Å². The number of hydrogen-bond acceptors (Lipinski definition) is 4. The van der Waals surface area contributed by atoms with Crippen molar-refractivity contribution >= 4 is 29.9 Å². The molecule has 0 bridgehead atoms. The molecule has 2 rings (SSSR count). The number of aliphatic imine (C=N–C) groups is 1. The molecule has 1 saturated heterocycles. The molecule has 0 aromatic carbocycles. The van der Waals surface area contributed by atoms with E-state index in [0.717, 1.165) is 51.9 Å². The molecule has 2 N–H and O–H groups in total. The maximum Gasteiger partial charge on any atom is 0.191 e. The summed E-state index contributed by atoms with van der Waals surface area (Å²) in [5.41, 5.74) is 0.0751. The number of rotatable bonds is 6. The highest BCUT2D eigenvalue weighted by molar-refractivity contribution is 14.0. The van der Waals surface area contributed by atoms with E-state index in [2.05, 4.69) is 39.4 Å². The number of guanidine groups is 1. The van der Waals surface area contributed by atoms with Gasteiger partial charge in [0, 0.05) is 57.7 Å². The molecule has 1 fully saturated rings. The van der Waals surface area contributed by atoms with E-state index < -0.39 is 0 Å². The van der Waals surface area contributed by atoms with Gasteiger partial charge in [0.05, 0.1) is 19.5 Å². The zero-order chi connectivity index (χ0) is 15.8. The van der Waals surface area contributed by atoms with Crippen LogP contribution in [-0.2, 0) is 11.3 Å². The van der Waals surface area contributed by atoms with E-state index in [4.69, 9.17) is 4.74 Å². The van der Waals surface area contributed by atoms with Crippen LogP contribution >= 0.6 is 24.0 Å². The second-order valence-electron chi connectivity index (χ2n) is 6.06. The van der Waals surface area contributed by atoms with Gasteiger partial charge in [-0.3, -0.25) is 9.89 Å². The third kappa shape index (κ3) is 6.64. The first kappa shape index (κ1) is 20.2. The molecule has 1 aromatic heterocycles. The first-order valence-electron chi connectivity index (χ1n) is 7.85. The SMILES string of the molecule is CN=C(NCCn1ccnc1)NCC(C)(C)N1CCOCC1.I. The molecular weight excluding hydrogens is 407 g/mol. The number of ether oxygens (including phenoxy) is 1. The van der Waals surface area contributed by atoms with Crippen molar-refractivity contribution in [3.05, 3.63) is 18.7 Å². The highest BCUT2D eigenvalue weighted by Gasteiger charge is 2.28. The van der Waals surface area contributed by atoms with Crippen LogP contribution in [0.2, 0.25) is 0 Å². The Morgan fingerprint density at radius 3 is 2.65 bits per heavy atom. The van der Waals surface area contributed by atoms with Gasteiger partial charge < -0.3 is 19.9 Å². The van der Waals surface area contributed by atoms with E-state index >= 15 is 0 Å². The summed E-state index contributed by atoms with van der Waals surface area (Å²) in [6.07, 6.45) is 5.57. The second-order valence-corrected chi connectivity index (χ2v) is 6.06. The Hall–Kier alpha value is -0.870. The Kier molecular flexibility index (Phi) is 8.85. The fraction of sp³-hybridized carbons (Fsp3) is 0.733. The predicted molar refractivity (Wildman–Crippen MR) is 103 cm³/mol. The number of morpholine rings is 1. The molecule has 2 heterocycles. The van der Waals surface area contributed by atoms with Crippen molar-refractivity contribution in [1.82, 2.24) is 25.1 Å². The van der Waals surface area contributed by atoms with E-state index in [1.54, 1.807) is 13.2 Å². The van der Waals surface area contributed by atoms with E-state index in [1.807, 2.05) is 17.1 Å². The second kappa shape index (κ2) is 10.1. The summed E-state index contributed by atoms with van der Waals surface area (Å²) >= 11 is 0.